The minimum absolute atomic E-state index is 0.0914. The van der Waals surface area contributed by atoms with Crippen LogP contribution in [-0.4, -0.2) is 34.2 Å². The summed E-state index contributed by atoms with van der Waals surface area (Å²) < 4.78 is 0. The number of aromatic nitrogens is 3. The third-order valence-corrected chi connectivity index (χ3v) is 2.99. The number of H-pyrrole nitrogens is 1. The van der Waals surface area contributed by atoms with E-state index in [0.29, 0.717) is 25.4 Å². The van der Waals surface area contributed by atoms with Gasteiger partial charge >= 0.3 is 0 Å². The van der Waals surface area contributed by atoms with E-state index in [1.165, 1.54) is 6.33 Å². The molecule has 0 bridgehead atoms. The minimum atomic E-state index is 0.0914. The summed E-state index contributed by atoms with van der Waals surface area (Å²) in [5, 5.41) is 9.50. The highest BCUT2D eigenvalue weighted by Gasteiger charge is 2.13. The first-order chi connectivity index (χ1) is 9.11. The standard InChI is InChI=1S/C13H25N5O/c1-10(2)6-11(8-14)7-13(19)15-5-3-4-12-16-9-17-18-12/h9-11H,3-8,14H2,1-2H3,(H,15,19)(H,16,17,18)/t11-/m0/s1. The lowest BCUT2D eigenvalue weighted by Gasteiger charge is -2.16. The molecule has 1 aromatic rings. The highest BCUT2D eigenvalue weighted by Crippen LogP contribution is 2.13. The number of rotatable bonds is 9. The van der Waals surface area contributed by atoms with E-state index in [2.05, 4.69) is 34.3 Å². The second-order valence-electron chi connectivity index (χ2n) is 5.32. The zero-order chi connectivity index (χ0) is 14.1. The quantitative estimate of drug-likeness (QED) is 0.578. The van der Waals surface area contributed by atoms with Crippen LogP contribution in [0.25, 0.3) is 0 Å². The summed E-state index contributed by atoms with van der Waals surface area (Å²) in [6.07, 6.45) is 4.68. The Morgan fingerprint density at radius 3 is 2.89 bits per heavy atom. The first-order valence-corrected chi connectivity index (χ1v) is 6.92. The number of nitrogens with two attached hydrogens (primary N) is 1. The maximum atomic E-state index is 11.8. The van der Waals surface area contributed by atoms with Gasteiger partial charge < -0.3 is 11.1 Å². The van der Waals surface area contributed by atoms with Crippen LogP contribution in [0.3, 0.4) is 0 Å². The fraction of sp³-hybridized carbons (Fsp3) is 0.769. The Balaban J connectivity index is 2.12. The molecule has 108 valence electrons. The molecule has 19 heavy (non-hydrogen) atoms. The van der Waals surface area contributed by atoms with Crippen LogP contribution >= 0.6 is 0 Å². The fourth-order valence-electron chi connectivity index (χ4n) is 2.10. The number of carbonyl (C=O) groups is 1. The largest absolute Gasteiger partial charge is 0.356 e. The molecule has 0 unspecified atom stereocenters. The highest BCUT2D eigenvalue weighted by atomic mass is 16.1. The van der Waals surface area contributed by atoms with Crippen LogP contribution in [0, 0.1) is 11.8 Å². The molecule has 0 radical (unpaired) electrons. The van der Waals surface area contributed by atoms with Gasteiger partial charge in [-0.15, -0.1) is 0 Å². The van der Waals surface area contributed by atoms with Crippen LogP contribution < -0.4 is 11.1 Å². The predicted octanol–water partition coefficient (Wildman–Crippen LogP) is 0.865. The summed E-state index contributed by atoms with van der Waals surface area (Å²) in [6.45, 7) is 5.54. The van der Waals surface area contributed by atoms with Crippen molar-refractivity contribution < 1.29 is 4.79 Å². The first-order valence-electron chi connectivity index (χ1n) is 6.92. The summed E-state index contributed by atoms with van der Waals surface area (Å²) >= 11 is 0. The molecule has 1 heterocycles. The van der Waals surface area contributed by atoms with Crippen molar-refractivity contribution in [1.82, 2.24) is 20.5 Å². The highest BCUT2D eigenvalue weighted by molar-refractivity contribution is 5.76. The van der Waals surface area contributed by atoms with E-state index in [1.807, 2.05) is 0 Å². The molecular weight excluding hydrogens is 242 g/mol. The van der Waals surface area contributed by atoms with Gasteiger partial charge in [0.05, 0.1) is 0 Å². The number of aryl methyl sites for hydroxylation is 1. The molecule has 0 fully saturated rings. The second-order valence-corrected chi connectivity index (χ2v) is 5.32. The number of hydrogen-bond acceptors (Lipinski definition) is 4. The molecule has 0 spiro atoms. The van der Waals surface area contributed by atoms with E-state index >= 15 is 0 Å². The molecule has 6 heteroatoms. The van der Waals surface area contributed by atoms with Crippen LogP contribution in [0.5, 0.6) is 0 Å². The number of nitrogens with zero attached hydrogens (tertiary/aromatic N) is 2. The summed E-state index contributed by atoms with van der Waals surface area (Å²) in [4.78, 5) is 15.8. The van der Waals surface area contributed by atoms with Crippen LogP contribution in [-0.2, 0) is 11.2 Å². The van der Waals surface area contributed by atoms with E-state index in [9.17, 15) is 4.79 Å². The van der Waals surface area contributed by atoms with Crippen LogP contribution in [0.1, 0.15) is 38.9 Å². The Labute approximate surface area is 114 Å². The Hall–Kier alpha value is -1.43. The maximum absolute atomic E-state index is 11.8. The molecule has 1 aromatic heterocycles. The van der Waals surface area contributed by atoms with Crippen molar-refractivity contribution in [2.24, 2.45) is 17.6 Å². The Morgan fingerprint density at radius 2 is 2.32 bits per heavy atom. The number of aromatic amines is 1. The van der Waals surface area contributed by atoms with Crippen molar-refractivity contribution in [3.63, 3.8) is 0 Å². The van der Waals surface area contributed by atoms with Crippen LogP contribution in [0.4, 0.5) is 0 Å². The molecule has 1 amide bonds. The van der Waals surface area contributed by atoms with E-state index in [4.69, 9.17) is 5.73 Å². The van der Waals surface area contributed by atoms with Crippen molar-refractivity contribution in [1.29, 1.82) is 0 Å². The molecule has 6 nitrogen and oxygen atoms in total. The third kappa shape index (κ3) is 6.91. The second kappa shape index (κ2) is 8.63. The van der Waals surface area contributed by atoms with Crippen LogP contribution in [0.2, 0.25) is 0 Å². The number of hydrogen-bond donors (Lipinski definition) is 3. The van der Waals surface area contributed by atoms with Crippen molar-refractivity contribution in [2.45, 2.75) is 39.5 Å². The molecule has 0 saturated heterocycles. The van der Waals surface area contributed by atoms with E-state index in [-0.39, 0.29) is 11.8 Å². The van der Waals surface area contributed by atoms with Gasteiger partial charge in [-0.1, -0.05) is 13.8 Å². The van der Waals surface area contributed by atoms with Gasteiger partial charge in [0, 0.05) is 19.4 Å². The minimum Gasteiger partial charge on any atom is -0.356 e. The summed E-state index contributed by atoms with van der Waals surface area (Å²) in [5.74, 6) is 1.81. The number of nitrogens with one attached hydrogen (secondary N) is 2. The Kier molecular flexibility index (Phi) is 7.10. The third-order valence-electron chi connectivity index (χ3n) is 2.99. The molecule has 0 saturated carbocycles. The molecular formula is C13H25N5O. The molecule has 0 aliphatic heterocycles. The van der Waals surface area contributed by atoms with Gasteiger partial charge in [0.2, 0.25) is 5.91 Å². The topological polar surface area (TPSA) is 96.7 Å². The average molecular weight is 267 g/mol. The number of carbonyl (C=O) groups excluding carboxylic acids is 1. The SMILES string of the molecule is CC(C)C[C@H](CN)CC(=O)NCCCc1ncn[nH]1. The Morgan fingerprint density at radius 1 is 1.53 bits per heavy atom. The molecule has 0 aliphatic rings. The van der Waals surface area contributed by atoms with Gasteiger partial charge in [0.25, 0.3) is 0 Å². The van der Waals surface area contributed by atoms with E-state index in [0.717, 1.165) is 25.1 Å². The monoisotopic (exact) mass is 267 g/mol. The summed E-state index contributed by atoms with van der Waals surface area (Å²) in [5.41, 5.74) is 5.69. The molecule has 4 N–H and O–H groups in total. The zero-order valence-corrected chi connectivity index (χ0v) is 11.9. The van der Waals surface area contributed by atoms with E-state index < -0.39 is 0 Å². The van der Waals surface area contributed by atoms with Gasteiger partial charge in [-0.3, -0.25) is 9.89 Å². The van der Waals surface area contributed by atoms with Crippen molar-refractivity contribution in [3.05, 3.63) is 12.2 Å². The molecule has 1 atom stereocenters. The lowest BCUT2D eigenvalue weighted by Crippen LogP contribution is -2.29. The maximum Gasteiger partial charge on any atom is 0.220 e. The average Bonchev–Trinajstić information content (AvgIpc) is 2.86. The van der Waals surface area contributed by atoms with Crippen molar-refractivity contribution in [2.75, 3.05) is 13.1 Å². The van der Waals surface area contributed by atoms with Crippen molar-refractivity contribution >= 4 is 5.91 Å². The lowest BCUT2D eigenvalue weighted by atomic mass is 9.94. The number of amides is 1. The smallest absolute Gasteiger partial charge is 0.220 e. The normalized spacial score (nSPS) is 12.6. The summed E-state index contributed by atoms with van der Waals surface area (Å²) in [7, 11) is 0. The lowest BCUT2D eigenvalue weighted by molar-refractivity contribution is -0.122. The zero-order valence-electron chi connectivity index (χ0n) is 11.9. The van der Waals surface area contributed by atoms with Gasteiger partial charge in [-0.05, 0) is 31.2 Å². The predicted molar refractivity (Wildman–Crippen MR) is 74.3 cm³/mol. The molecule has 1 rings (SSSR count). The van der Waals surface area contributed by atoms with Gasteiger partial charge in [0.15, 0.2) is 0 Å². The molecule has 0 aliphatic carbocycles. The van der Waals surface area contributed by atoms with Crippen molar-refractivity contribution in [3.8, 4) is 0 Å². The first kappa shape index (κ1) is 15.6. The van der Waals surface area contributed by atoms with E-state index in [1.54, 1.807) is 0 Å². The van der Waals surface area contributed by atoms with Crippen LogP contribution in [0.15, 0.2) is 6.33 Å². The summed E-state index contributed by atoms with van der Waals surface area (Å²) in [6, 6.07) is 0. The van der Waals surface area contributed by atoms with Gasteiger partial charge in [-0.2, -0.15) is 5.10 Å². The van der Waals surface area contributed by atoms with Gasteiger partial charge in [-0.25, -0.2) is 4.98 Å². The molecule has 0 aromatic carbocycles. The fourth-order valence-corrected chi connectivity index (χ4v) is 2.10. The Bertz CT molecular complexity index is 350. The van der Waals surface area contributed by atoms with Gasteiger partial charge in [0.1, 0.15) is 12.2 Å².